The first kappa shape index (κ1) is 33.6. The van der Waals surface area contributed by atoms with E-state index < -0.39 is 48.1 Å². The molecule has 248 valence electrons. The number of amides is 3. The van der Waals surface area contributed by atoms with Crippen molar-refractivity contribution in [2.45, 2.75) is 38.8 Å². The van der Waals surface area contributed by atoms with Crippen LogP contribution >= 0.6 is 0 Å². The largest absolute Gasteiger partial charge is 0.459 e. The van der Waals surface area contributed by atoms with Gasteiger partial charge in [0.2, 0.25) is 5.91 Å². The number of nitrogens with zero attached hydrogens (tertiary/aromatic N) is 3. The summed E-state index contributed by atoms with van der Waals surface area (Å²) in [5.41, 5.74) is 3.52. The van der Waals surface area contributed by atoms with E-state index in [1.807, 2.05) is 48.5 Å². The van der Waals surface area contributed by atoms with Crippen molar-refractivity contribution in [1.82, 2.24) is 20.0 Å². The van der Waals surface area contributed by atoms with Gasteiger partial charge in [0, 0.05) is 30.6 Å². The molecule has 0 bridgehead atoms. The van der Waals surface area contributed by atoms with Gasteiger partial charge in [0.15, 0.2) is 0 Å². The van der Waals surface area contributed by atoms with Gasteiger partial charge in [-0.25, -0.2) is 9.48 Å². The summed E-state index contributed by atoms with van der Waals surface area (Å²) in [6.07, 6.45) is 0.583. The molecule has 0 aliphatic heterocycles. The molecule has 0 unspecified atom stereocenters. The molecule has 1 aliphatic carbocycles. The molecule has 0 atom stereocenters. The number of benzene rings is 3. The Morgan fingerprint density at radius 3 is 2.15 bits per heavy atom. The van der Waals surface area contributed by atoms with E-state index in [2.05, 4.69) is 15.7 Å². The fourth-order valence-electron chi connectivity index (χ4n) is 5.41. The van der Waals surface area contributed by atoms with Crippen molar-refractivity contribution < 1.29 is 28.7 Å². The summed E-state index contributed by atoms with van der Waals surface area (Å²) in [4.78, 5) is 65.1. The molecule has 12 nitrogen and oxygen atoms in total. The third kappa shape index (κ3) is 8.52. The summed E-state index contributed by atoms with van der Waals surface area (Å²) in [7, 11) is 0. The monoisotopic (exact) mass is 651 g/mol. The molecule has 1 heterocycles. The van der Waals surface area contributed by atoms with Crippen LogP contribution in [-0.4, -0.2) is 70.4 Å². The Bertz CT molecular complexity index is 1820. The topological polar surface area (TPSA) is 149 Å². The Labute approximate surface area is 277 Å². The Morgan fingerprint density at radius 2 is 1.52 bits per heavy atom. The SMILES string of the molecule is CC(C)(C)OC(=O)CN(CCNC(=O)OCC1c2ccccc2-c2ccccc21)C(=O)Cn1ncc(NC(=O)c2ccccc2)cc1=O. The third-order valence-corrected chi connectivity index (χ3v) is 7.54. The molecule has 3 aromatic carbocycles. The molecule has 3 amide bonds. The van der Waals surface area contributed by atoms with Gasteiger partial charge in [-0.3, -0.25) is 19.2 Å². The summed E-state index contributed by atoms with van der Waals surface area (Å²) in [5.74, 6) is -1.79. The van der Waals surface area contributed by atoms with Crippen molar-refractivity contribution >= 4 is 29.6 Å². The van der Waals surface area contributed by atoms with E-state index in [1.54, 1.807) is 51.1 Å². The van der Waals surface area contributed by atoms with Crippen LogP contribution in [0.3, 0.4) is 0 Å². The number of anilines is 1. The number of rotatable bonds is 11. The fourth-order valence-corrected chi connectivity index (χ4v) is 5.41. The number of hydrogen-bond acceptors (Lipinski definition) is 8. The Morgan fingerprint density at radius 1 is 0.896 bits per heavy atom. The average Bonchev–Trinajstić information content (AvgIpc) is 3.37. The van der Waals surface area contributed by atoms with Crippen molar-refractivity contribution in [3.63, 3.8) is 0 Å². The van der Waals surface area contributed by atoms with Crippen molar-refractivity contribution in [2.75, 3.05) is 31.6 Å². The molecule has 0 fully saturated rings. The zero-order valence-corrected chi connectivity index (χ0v) is 27.0. The minimum absolute atomic E-state index is 0.0298. The first-order valence-corrected chi connectivity index (χ1v) is 15.5. The zero-order chi connectivity index (χ0) is 34.3. The Balaban J connectivity index is 1.19. The number of carbonyl (C=O) groups excluding carboxylic acids is 4. The predicted octanol–water partition coefficient (Wildman–Crippen LogP) is 4.20. The minimum Gasteiger partial charge on any atom is -0.459 e. The van der Waals surface area contributed by atoms with E-state index in [-0.39, 0.29) is 31.3 Å². The molecule has 12 heteroatoms. The molecule has 0 saturated carbocycles. The number of fused-ring (bicyclic) bond motifs is 3. The smallest absolute Gasteiger partial charge is 0.407 e. The van der Waals surface area contributed by atoms with Crippen LogP contribution in [0.15, 0.2) is 95.9 Å². The second kappa shape index (κ2) is 14.8. The molecule has 48 heavy (non-hydrogen) atoms. The first-order chi connectivity index (χ1) is 23.0. The van der Waals surface area contributed by atoms with Crippen LogP contribution in [0.5, 0.6) is 0 Å². The van der Waals surface area contributed by atoms with Gasteiger partial charge in [-0.2, -0.15) is 5.10 Å². The number of esters is 1. The maximum absolute atomic E-state index is 13.3. The lowest BCUT2D eigenvalue weighted by molar-refractivity contribution is -0.159. The first-order valence-electron chi connectivity index (χ1n) is 15.5. The second-order valence-corrected chi connectivity index (χ2v) is 12.2. The minimum atomic E-state index is -0.788. The highest BCUT2D eigenvalue weighted by atomic mass is 16.6. The maximum atomic E-state index is 13.3. The number of hydrogen-bond donors (Lipinski definition) is 2. The zero-order valence-electron chi connectivity index (χ0n) is 27.0. The highest BCUT2D eigenvalue weighted by Crippen LogP contribution is 2.44. The predicted molar refractivity (Wildman–Crippen MR) is 178 cm³/mol. The van der Waals surface area contributed by atoms with E-state index in [1.165, 1.54) is 11.1 Å². The van der Waals surface area contributed by atoms with Crippen LogP contribution < -0.4 is 16.2 Å². The molecule has 1 aliphatic rings. The van der Waals surface area contributed by atoms with Crippen LogP contribution in [0.1, 0.15) is 48.2 Å². The van der Waals surface area contributed by atoms with E-state index >= 15 is 0 Å². The lowest BCUT2D eigenvalue weighted by Crippen LogP contribution is -2.45. The number of alkyl carbamates (subject to hydrolysis) is 1. The van der Waals surface area contributed by atoms with Gasteiger partial charge in [-0.05, 0) is 55.2 Å². The van der Waals surface area contributed by atoms with Crippen LogP contribution in [0.2, 0.25) is 0 Å². The van der Waals surface area contributed by atoms with E-state index in [0.29, 0.717) is 5.56 Å². The van der Waals surface area contributed by atoms with Crippen molar-refractivity contribution in [2.24, 2.45) is 0 Å². The highest BCUT2D eigenvalue weighted by molar-refractivity contribution is 6.04. The third-order valence-electron chi connectivity index (χ3n) is 7.54. The number of ether oxygens (including phenoxy) is 2. The average molecular weight is 652 g/mol. The van der Waals surface area contributed by atoms with Crippen molar-refractivity contribution in [3.05, 3.63) is 118 Å². The standard InChI is InChI=1S/C36H37N5O7/c1-36(2,3)48-33(44)22-40(32(43)21-41-31(42)19-25(20-38-41)39-34(45)24-11-5-4-6-12-24)18-17-37-35(46)47-23-30-28-15-9-7-13-26(28)27-14-8-10-16-29(27)30/h4-16,19-20,30H,17-18,21-23H2,1-3H3,(H,37,46)(H,39,45). The number of carbonyl (C=O) groups is 4. The molecule has 4 aromatic rings. The summed E-state index contributed by atoms with van der Waals surface area (Å²) < 4.78 is 11.9. The molecular weight excluding hydrogens is 614 g/mol. The number of aromatic nitrogens is 2. The Kier molecular flexibility index (Phi) is 10.3. The van der Waals surface area contributed by atoms with Gasteiger partial charge >= 0.3 is 12.1 Å². The summed E-state index contributed by atoms with van der Waals surface area (Å²) >= 11 is 0. The summed E-state index contributed by atoms with van der Waals surface area (Å²) in [6, 6.07) is 25.6. The van der Waals surface area contributed by atoms with Gasteiger partial charge in [-0.1, -0.05) is 66.7 Å². The second-order valence-electron chi connectivity index (χ2n) is 12.2. The lowest BCUT2D eigenvalue weighted by Gasteiger charge is -2.25. The van der Waals surface area contributed by atoms with Crippen LogP contribution in [-0.2, 0) is 25.6 Å². The number of nitrogens with one attached hydrogen (secondary N) is 2. The van der Waals surface area contributed by atoms with Gasteiger partial charge in [0.1, 0.15) is 25.3 Å². The van der Waals surface area contributed by atoms with Gasteiger partial charge in [-0.15, -0.1) is 0 Å². The van der Waals surface area contributed by atoms with Gasteiger partial charge < -0.3 is 25.0 Å². The molecule has 2 N–H and O–H groups in total. The van der Waals surface area contributed by atoms with Crippen molar-refractivity contribution in [1.29, 1.82) is 0 Å². The molecular formula is C36H37N5O7. The molecule has 0 saturated heterocycles. The van der Waals surface area contributed by atoms with Crippen LogP contribution in [0.4, 0.5) is 10.5 Å². The van der Waals surface area contributed by atoms with Crippen LogP contribution in [0, 0.1) is 0 Å². The normalized spacial score (nSPS) is 12.0. The van der Waals surface area contributed by atoms with Crippen LogP contribution in [0.25, 0.3) is 11.1 Å². The quantitative estimate of drug-likeness (QED) is 0.229. The van der Waals surface area contributed by atoms with E-state index in [0.717, 1.165) is 33.0 Å². The summed E-state index contributed by atoms with van der Waals surface area (Å²) in [5, 5.41) is 9.27. The molecule has 5 rings (SSSR count). The molecule has 0 spiro atoms. The van der Waals surface area contributed by atoms with E-state index in [9.17, 15) is 24.0 Å². The molecule has 0 radical (unpaired) electrons. The highest BCUT2D eigenvalue weighted by Gasteiger charge is 2.29. The molecule has 1 aromatic heterocycles. The summed E-state index contributed by atoms with van der Waals surface area (Å²) in [6.45, 7) is 4.24. The fraction of sp³-hybridized carbons (Fsp3) is 0.278. The lowest BCUT2D eigenvalue weighted by atomic mass is 9.98. The van der Waals surface area contributed by atoms with Gasteiger partial charge in [0.05, 0.1) is 11.9 Å². The van der Waals surface area contributed by atoms with E-state index in [4.69, 9.17) is 9.47 Å². The Hall–Kier alpha value is -5.78. The van der Waals surface area contributed by atoms with Crippen molar-refractivity contribution in [3.8, 4) is 11.1 Å². The maximum Gasteiger partial charge on any atom is 0.407 e. The van der Waals surface area contributed by atoms with Gasteiger partial charge in [0.25, 0.3) is 11.5 Å².